The Balaban J connectivity index is 2.16. The minimum absolute atomic E-state index is 1.06. The van der Waals surface area contributed by atoms with Crippen LogP contribution in [0.3, 0.4) is 0 Å². The molecule has 0 saturated heterocycles. The van der Waals surface area contributed by atoms with Crippen molar-refractivity contribution in [1.29, 1.82) is 0 Å². The van der Waals surface area contributed by atoms with Crippen molar-refractivity contribution in [2.75, 3.05) is 0 Å². The zero-order valence-corrected chi connectivity index (χ0v) is 13.6. The number of benzene rings is 4. The highest BCUT2D eigenvalue weighted by Crippen LogP contribution is 2.37. The molecule has 0 N–H and O–H groups in total. The topological polar surface area (TPSA) is 0 Å². The summed E-state index contributed by atoms with van der Waals surface area (Å²) in [7, 11) is 0. The first-order valence-corrected chi connectivity index (χ1v) is 8.28. The van der Waals surface area contributed by atoms with Crippen LogP contribution in [0.2, 0.25) is 0 Å². The van der Waals surface area contributed by atoms with E-state index in [1.54, 1.807) is 0 Å². The molecule has 0 radical (unpaired) electrons. The number of hydrogen-bond acceptors (Lipinski definition) is 0. The lowest BCUT2D eigenvalue weighted by molar-refractivity contribution is 1.15. The lowest BCUT2D eigenvalue weighted by atomic mass is 9.89. The van der Waals surface area contributed by atoms with Gasteiger partial charge >= 0.3 is 0 Å². The highest BCUT2D eigenvalue weighted by Gasteiger charge is 2.11. The average Bonchev–Trinajstić information content (AvgIpc) is 2.61. The van der Waals surface area contributed by atoms with Crippen LogP contribution < -0.4 is 0 Å². The molecule has 0 heteroatoms. The second-order valence-electron chi connectivity index (χ2n) is 6.20. The van der Waals surface area contributed by atoms with E-state index in [0.29, 0.717) is 0 Å². The van der Waals surface area contributed by atoms with Gasteiger partial charge < -0.3 is 0 Å². The molecule has 0 bridgehead atoms. The van der Waals surface area contributed by atoms with E-state index in [-0.39, 0.29) is 0 Å². The Morgan fingerprint density at radius 2 is 1.39 bits per heavy atom. The summed E-state index contributed by atoms with van der Waals surface area (Å²) in [4.78, 5) is 0. The van der Waals surface area contributed by atoms with Crippen molar-refractivity contribution in [3.05, 3.63) is 83.9 Å². The largest absolute Gasteiger partial charge is 0.0616 e. The number of aryl methyl sites for hydroxylation is 2. The van der Waals surface area contributed by atoms with E-state index < -0.39 is 0 Å². The summed E-state index contributed by atoms with van der Waals surface area (Å²) in [5.41, 5.74) is 5.46. The highest BCUT2D eigenvalue weighted by atomic mass is 14.1. The van der Waals surface area contributed by atoms with Gasteiger partial charge in [-0.25, -0.2) is 0 Å². The second kappa shape index (κ2) is 5.55. The molecule has 0 saturated carbocycles. The van der Waals surface area contributed by atoms with Crippen LogP contribution >= 0.6 is 0 Å². The molecule has 0 aliphatic carbocycles. The SMILES string of the molecule is CCc1cc(-c2c(C)ccc3ccccc23)c2ccccc2c1. The first-order chi connectivity index (χ1) is 11.3. The molecule has 0 unspecified atom stereocenters. The maximum absolute atomic E-state index is 2.37. The van der Waals surface area contributed by atoms with Gasteiger partial charge in [0.1, 0.15) is 0 Å². The molecule has 4 aromatic carbocycles. The fourth-order valence-corrected chi connectivity index (χ4v) is 3.52. The Morgan fingerprint density at radius 3 is 2.17 bits per heavy atom. The Kier molecular flexibility index (Phi) is 3.38. The van der Waals surface area contributed by atoms with E-state index in [1.165, 1.54) is 43.8 Å². The van der Waals surface area contributed by atoms with Crippen molar-refractivity contribution in [3.63, 3.8) is 0 Å². The summed E-state index contributed by atoms with van der Waals surface area (Å²) in [5.74, 6) is 0. The maximum Gasteiger partial charge on any atom is -0.00698 e. The minimum atomic E-state index is 1.06. The minimum Gasteiger partial charge on any atom is -0.0616 e. The molecule has 0 aromatic heterocycles. The summed E-state index contributed by atoms with van der Waals surface area (Å²) in [6.45, 7) is 4.44. The van der Waals surface area contributed by atoms with Crippen LogP contribution in [0.5, 0.6) is 0 Å². The first-order valence-electron chi connectivity index (χ1n) is 8.28. The van der Waals surface area contributed by atoms with E-state index >= 15 is 0 Å². The maximum atomic E-state index is 2.37. The van der Waals surface area contributed by atoms with Crippen molar-refractivity contribution in [2.45, 2.75) is 20.3 Å². The Morgan fingerprint density at radius 1 is 0.696 bits per heavy atom. The quantitative estimate of drug-likeness (QED) is 0.394. The van der Waals surface area contributed by atoms with E-state index in [4.69, 9.17) is 0 Å². The Labute approximate surface area is 137 Å². The predicted molar refractivity (Wildman–Crippen MR) is 101 cm³/mol. The smallest absolute Gasteiger partial charge is 0.00698 e. The van der Waals surface area contributed by atoms with Gasteiger partial charge in [0.2, 0.25) is 0 Å². The molecule has 112 valence electrons. The molecule has 0 fully saturated rings. The third-order valence-electron chi connectivity index (χ3n) is 4.74. The van der Waals surface area contributed by atoms with Gasteiger partial charge in [0.05, 0.1) is 0 Å². The molecule has 23 heavy (non-hydrogen) atoms. The fourth-order valence-electron chi connectivity index (χ4n) is 3.52. The lowest BCUT2D eigenvalue weighted by Crippen LogP contribution is -1.91. The molecule has 4 aromatic rings. The Hall–Kier alpha value is -2.60. The van der Waals surface area contributed by atoms with Crippen molar-refractivity contribution >= 4 is 21.5 Å². The van der Waals surface area contributed by atoms with Crippen molar-refractivity contribution in [2.24, 2.45) is 0 Å². The molecule has 0 atom stereocenters. The van der Waals surface area contributed by atoms with Gasteiger partial charge in [-0.3, -0.25) is 0 Å². The third kappa shape index (κ3) is 2.31. The molecule has 0 nitrogen and oxygen atoms in total. The summed E-state index contributed by atoms with van der Waals surface area (Å²) in [6, 6.07) is 26.6. The predicted octanol–water partition coefficient (Wildman–Crippen LogP) is 6.53. The molecule has 0 heterocycles. The standard InChI is InChI=1S/C23H20/c1-3-17-14-19-9-5-6-10-20(19)22(15-17)23-16(2)12-13-18-8-4-7-11-21(18)23/h4-15H,3H2,1-2H3. The first kappa shape index (κ1) is 14.0. The van der Waals surface area contributed by atoms with Gasteiger partial charge in [0, 0.05) is 0 Å². The second-order valence-corrected chi connectivity index (χ2v) is 6.20. The van der Waals surface area contributed by atoms with Crippen molar-refractivity contribution in [1.82, 2.24) is 0 Å². The molecule has 0 amide bonds. The number of fused-ring (bicyclic) bond motifs is 2. The molecule has 0 spiro atoms. The van der Waals surface area contributed by atoms with Gasteiger partial charge in [0.25, 0.3) is 0 Å². The normalized spacial score (nSPS) is 11.2. The van der Waals surface area contributed by atoms with Crippen LogP contribution in [-0.2, 0) is 6.42 Å². The van der Waals surface area contributed by atoms with Gasteiger partial charge in [-0.05, 0) is 57.1 Å². The van der Waals surface area contributed by atoms with E-state index in [1.807, 2.05) is 0 Å². The summed E-state index contributed by atoms with van der Waals surface area (Å²) < 4.78 is 0. The molecular weight excluding hydrogens is 276 g/mol. The molecular formula is C23H20. The van der Waals surface area contributed by atoms with Crippen LogP contribution in [-0.4, -0.2) is 0 Å². The average molecular weight is 296 g/mol. The summed E-state index contributed by atoms with van der Waals surface area (Å²) in [5, 5.41) is 5.31. The number of rotatable bonds is 2. The summed E-state index contributed by atoms with van der Waals surface area (Å²) in [6.07, 6.45) is 1.06. The van der Waals surface area contributed by atoms with E-state index in [2.05, 4.69) is 86.6 Å². The van der Waals surface area contributed by atoms with Gasteiger partial charge in [-0.1, -0.05) is 79.7 Å². The van der Waals surface area contributed by atoms with Crippen molar-refractivity contribution in [3.8, 4) is 11.1 Å². The van der Waals surface area contributed by atoms with E-state index in [0.717, 1.165) is 6.42 Å². The number of hydrogen-bond donors (Lipinski definition) is 0. The van der Waals surface area contributed by atoms with Crippen LogP contribution in [0.1, 0.15) is 18.1 Å². The lowest BCUT2D eigenvalue weighted by Gasteiger charge is -2.15. The Bertz CT molecular complexity index is 1010. The summed E-state index contributed by atoms with van der Waals surface area (Å²) >= 11 is 0. The van der Waals surface area contributed by atoms with Crippen molar-refractivity contribution < 1.29 is 0 Å². The molecule has 0 aliphatic heterocycles. The third-order valence-corrected chi connectivity index (χ3v) is 4.74. The van der Waals surface area contributed by atoms with Gasteiger partial charge in [-0.2, -0.15) is 0 Å². The van der Waals surface area contributed by atoms with Crippen LogP contribution in [0.15, 0.2) is 72.8 Å². The highest BCUT2D eigenvalue weighted by molar-refractivity contribution is 6.06. The zero-order chi connectivity index (χ0) is 15.8. The van der Waals surface area contributed by atoms with Gasteiger partial charge in [0.15, 0.2) is 0 Å². The van der Waals surface area contributed by atoms with Crippen LogP contribution in [0.25, 0.3) is 32.7 Å². The molecule has 4 rings (SSSR count). The molecule has 0 aliphatic rings. The van der Waals surface area contributed by atoms with Gasteiger partial charge in [-0.15, -0.1) is 0 Å². The van der Waals surface area contributed by atoms with Crippen LogP contribution in [0.4, 0.5) is 0 Å². The monoisotopic (exact) mass is 296 g/mol. The van der Waals surface area contributed by atoms with E-state index in [9.17, 15) is 0 Å². The fraction of sp³-hybridized carbons (Fsp3) is 0.130. The zero-order valence-electron chi connectivity index (χ0n) is 13.6. The van der Waals surface area contributed by atoms with Crippen LogP contribution in [0, 0.1) is 6.92 Å².